The van der Waals surface area contributed by atoms with Crippen molar-refractivity contribution in [1.29, 1.82) is 0 Å². The summed E-state index contributed by atoms with van der Waals surface area (Å²) in [7, 11) is -1.32. The molecule has 150 valence electrons. The first-order valence-corrected chi connectivity index (χ1v) is 10.5. The van der Waals surface area contributed by atoms with Gasteiger partial charge in [-0.05, 0) is 36.2 Å². The Morgan fingerprint density at radius 3 is 2.43 bits per heavy atom. The molecule has 0 fully saturated rings. The normalized spacial score (nSPS) is 15.4. The SMILES string of the molecule is CCC(CC(F)(F)F)(c1ccc(Cl)cc1)n1ncc2c(NS(C)=O)cccc21. The topological polar surface area (TPSA) is 46.9 Å². The van der Waals surface area contributed by atoms with Crippen molar-refractivity contribution in [1.82, 2.24) is 9.78 Å². The summed E-state index contributed by atoms with van der Waals surface area (Å²) in [5.74, 6) is 0. The van der Waals surface area contributed by atoms with Crippen LogP contribution in [-0.2, 0) is 16.5 Å². The Labute approximate surface area is 168 Å². The fourth-order valence-electron chi connectivity index (χ4n) is 3.51. The Hall–Kier alpha value is -2.06. The van der Waals surface area contributed by atoms with Gasteiger partial charge in [0.2, 0.25) is 0 Å². The first-order chi connectivity index (χ1) is 13.2. The van der Waals surface area contributed by atoms with Crippen molar-refractivity contribution in [2.45, 2.75) is 31.5 Å². The molecule has 2 aromatic carbocycles. The number of hydrogen-bond acceptors (Lipinski definition) is 2. The van der Waals surface area contributed by atoms with Crippen LogP contribution in [0.25, 0.3) is 10.9 Å². The smallest absolute Gasteiger partial charge is 0.305 e. The van der Waals surface area contributed by atoms with Crippen LogP contribution < -0.4 is 4.72 Å². The van der Waals surface area contributed by atoms with Crippen molar-refractivity contribution >= 4 is 39.2 Å². The number of hydrogen-bond donors (Lipinski definition) is 1. The minimum Gasteiger partial charge on any atom is -0.305 e. The first kappa shape index (κ1) is 20.7. The molecule has 0 amide bonds. The van der Waals surface area contributed by atoms with Gasteiger partial charge in [-0.25, -0.2) is 4.21 Å². The highest BCUT2D eigenvalue weighted by Crippen LogP contribution is 2.42. The molecule has 1 aromatic heterocycles. The number of anilines is 1. The van der Waals surface area contributed by atoms with Gasteiger partial charge in [0.15, 0.2) is 0 Å². The second-order valence-electron chi connectivity index (χ2n) is 6.53. The van der Waals surface area contributed by atoms with E-state index in [0.29, 0.717) is 27.2 Å². The average molecular weight is 430 g/mol. The van der Waals surface area contributed by atoms with E-state index in [2.05, 4.69) is 9.82 Å². The monoisotopic (exact) mass is 429 g/mol. The predicted octanol–water partition coefficient (Wildman–Crippen LogP) is 5.50. The molecular formula is C19H19ClF3N3OS. The zero-order valence-electron chi connectivity index (χ0n) is 15.3. The van der Waals surface area contributed by atoms with Gasteiger partial charge >= 0.3 is 6.18 Å². The summed E-state index contributed by atoms with van der Waals surface area (Å²) in [6.07, 6.45) is -2.33. The van der Waals surface area contributed by atoms with E-state index >= 15 is 0 Å². The maximum absolute atomic E-state index is 13.6. The number of aromatic nitrogens is 2. The van der Waals surface area contributed by atoms with Crippen LogP contribution >= 0.6 is 11.6 Å². The van der Waals surface area contributed by atoms with Gasteiger partial charge in [0.25, 0.3) is 0 Å². The number of benzene rings is 2. The summed E-state index contributed by atoms with van der Waals surface area (Å²) in [5.41, 5.74) is 0.113. The zero-order valence-corrected chi connectivity index (χ0v) is 16.8. The van der Waals surface area contributed by atoms with Gasteiger partial charge < -0.3 is 4.72 Å². The van der Waals surface area contributed by atoms with E-state index in [1.165, 1.54) is 17.1 Å². The Bertz CT molecular complexity index is 1000. The van der Waals surface area contributed by atoms with Crippen LogP contribution in [0.3, 0.4) is 0 Å². The largest absolute Gasteiger partial charge is 0.391 e. The molecule has 2 unspecified atom stereocenters. The number of nitrogens with zero attached hydrogens (tertiary/aromatic N) is 2. The van der Waals surface area contributed by atoms with E-state index < -0.39 is 29.1 Å². The van der Waals surface area contributed by atoms with Crippen LogP contribution in [0.4, 0.5) is 18.9 Å². The third kappa shape index (κ3) is 4.03. The molecule has 0 aliphatic rings. The van der Waals surface area contributed by atoms with Gasteiger partial charge in [-0.2, -0.15) is 18.3 Å². The molecule has 0 spiro atoms. The highest BCUT2D eigenvalue weighted by atomic mass is 35.5. The Kier molecular flexibility index (Phi) is 5.72. The number of rotatable bonds is 6. The van der Waals surface area contributed by atoms with Gasteiger partial charge in [0, 0.05) is 16.7 Å². The van der Waals surface area contributed by atoms with E-state index in [1.807, 2.05) is 0 Å². The van der Waals surface area contributed by atoms with Crippen LogP contribution in [0.5, 0.6) is 0 Å². The molecule has 3 rings (SSSR count). The Morgan fingerprint density at radius 1 is 1.18 bits per heavy atom. The summed E-state index contributed by atoms with van der Waals surface area (Å²) in [6.45, 7) is 1.71. The Morgan fingerprint density at radius 2 is 1.86 bits per heavy atom. The molecule has 0 aliphatic carbocycles. The molecule has 2 atom stereocenters. The maximum Gasteiger partial charge on any atom is 0.391 e. The van der Waals surface area contributed by atoms with E-state index in [4.69, 9.17) is 11.6 Å². The van der Waals surface area contributed by atoms with Crippen LogP contribution in [-0.4, -0.2) is 26.4 Å². The van der Waals surface area contributed by atoms with Crippen molar-refractivity contribution in [3.63, 3.8) is 0 Å². The molecule has 1 heterocycles. The number of halogens is 4. The third-order valence-electron chi connectivity index (χ3n) is 4.73. The maximum atomic E-state index is 13.6. The van der Waals surface area contributed by atoms with Gasteiger partial charge in [-0.3, -0.25) is 4.68 Å². The molecule has 3 aromatic rings. The average Bonchev–Trinajstić information content (AvgIpc) is 3.05. The highest BCUT2D eigenvalue weighted by Gasteiger charge is 2.45. The summed E-state index contributed by atoms with van der Waals surface area (Å²) in [5, 5.41) is 5.38. The lowest BCUT2D eigenvalue weighted by Crippen LogP contribution is -2.39. The van der Waals surface area contributed by atoms with Crippen LogP contribution in [0.2, 0.25) is 5.02 Å². The predicted molar refractivity (Wildman–Crippen MR) is 107 cm³/mol. The minimum absolute atomic E-state index is 0.169. The zero-order chi connectivity index (χ0) is 20.5. The fourth-order valence-corrected chi connectivity index (χ4v) is 4.12. The molecule has 0 aliphatic heterocycles. The van der Waals surface area contributed by atoms with E-state index in [1.54, 1.807) is 49.4 Å². The number of fused-ring (bicyclic) bond motifs is 1. The standard InChI is InChI=1S/C19H19ClF3N3OS/c1-3-18(12-19(21,22)23,13-7-9-14(20)10-8-13)26-17-6-4-5-16(25-28(2)27)15(17)11-24-26/h4-11,25H,3,12H2,1-2H3. The van der Waals surface area contributed by atoms with Crippen LogP contribution in [0, 0.1) is 0 Å². The fraction of sp³-hybridized carbons (Fsp3) is 0.316. The summed E-state index contributed by atoms with van der Waals surface area (Å²) in [4.78, 5) is 0. The number of nitrogens with one attached hydrogen (secondary N) is 1. The van der Waals surface area contributed by atoms with Crippen molar-refractivity contribution < 1.29 is 17.4 Å². The summed E-state index contributed by atoms with van der Waals surface area (Å²) < 4.78 is 56.7. The number of alkyl halides is 3. The van der Waals surface area contributed by atoms with Crippen molar-refractivity contribution in [3.8, 4) is 0 Å². The second-order valence-corrected chi connectivity index (χ2v) is 8.08. The van der Waals surface area contributed by atoms with Gasteiger partial charge in [0.05, 0.1) is 29.4 Å². The highest BCUT2D eigenvalue weighted by molar-refractivity contribution is 7.85. The minimum atomic E-state index is -4.41. The molecule has 0 saturated carbocycles. The van der Waals surface area contributed by atoms with Gasteiger partial charge in [0.1, 0.15) is 11.0 Å². The molecule has 4 nitrogen and oxygen atoms in total. The van der Waals surface area contributed by atoms with Crippen molar-refractivity contribution in [2.24, 2.45) is 0 Å². The molecule has 0 bridgehead atoms. The third-order valence-corrected chi connectivity index (χ3v) is 5.49. The second kappa shape index (κ2) is 7.75. The van der Waals surface area contributed by atoms with E-state index in [-0.39, 0.29) is 6.42 Å². The van der Waals surface area contributed by atoms with Gasteiger partial charge in [-0.1, -0.05) is 36.7 Å². The first-order valence-electron chi connectivity index (χ1n) is 8.56. The lowest BCUT2D eigenvalue weighted by molar-refractivity contribution is -0.152. The molecule has 0 saturated heterocycles. The molecule has 1 N–H and O–H groups in total. The molecular weight excluding hydrogens is 411 g/mol. The van der Waals surface area contributed by atoms with E-state index in [9.17, 15) is 17.4 Å². The summed E-state index contributed by atoms with van der Waals surface area (Å²) in [6, 6.07) is 11.5. The molecule has 28 heavy (non-hydrogen) atoms. The lowest BCUT2D eigenvalue weighted by Gasteiger charge is -2.35. The van der Waals surface area contributed by atoms with Crippen LogP contribution in [0.15, 0.2) is 48.7 Å². The van der Waals surface area contributed by atoms with Gasteiger partial charge in [-0.15, -0.1) is 0 Å². The van der Waals surface area contributed by atoms with E-state index in [0.717, 1.165) is 0 Å². The lowest BCUT2D eigenvalue weighted by atomic mass is 9.83. The Balaban J connectivity index is 2.26. The van der Waals surface area contributed by atoms with Crippen LogP contribution in [0.1, 0.15) is 25.3 Å². The molecule has 0 radical (unpaired) electrons. The molecule has 9 heteroatoms. The van der Waals surface area contributed by atoms with Crippen molar-refractivity contribution in [3.05, 3.63) is 59.2 Å². The van der Waals surface area contributed by atoms with Crippen molar-refractivity contribution in [2.75, 3.05) is 11.0 Å². The summed E-state index contributed by atoms with van der Waals surface area (Å²) >= 11 is 5.95. The quantitative estimate of drug-likeness (QED) is 0.562.